The Morgan fingerprint density at radius 2 is 2.05 bits per heavy atom. The number of ether oxygens (including phenoxy) is 2. The van der Waals surface area contributed by atoms with Crippen LogP contribution < -0.4 is 5.73 Å². The molecule has 2 unspecified atom stereocenters. The number of carbonyl (C=O) groups is 1. The highest BCUT2D eigenvalue weighted by Gasteiger charge is 2.47. The van der Waals surface area contributed by atoms with Crippen LogP contribution in [0.5, 0.6) is 0 Å². The summed E-state index contributed by atoms with van der Waals surface area (Å²) in [6.45, 7) is 0. The molecule has 4 nitrogen and oxygen atoms in total. The van der Waals surface area contributed by atoms with E-state index in [1.807, 2.05) is 24.3 Å². The number of nitrogen functional groups attached to an aromatic ring is 1. The number of esters is 1. The number of methoxy groups -OCH3 is 1. The molecule has 2 aliphatic rings. The molecule has 2 fully saturated rings. The Balaban J connectivity index is 1.92. The van der Waals surface area contributed by atoms with E-state index >= 15 is 0 Å². The fourth-order valence-electron chi connectivity index (χ4n) is 3.40. The molecule has 0 amide bonds. The van der Waals surface area contributed by atoms with E-state index in [9.17, 15) is 4.79 Å². The summed E-state index contributed by atoms with van der Waals surface area (Å²) in [4.78, 5) is 12.1. The molecule has 0 aliphatic carbocycles. The quantitative estimate of drug-likeness (QED) is 0.654. The Hall–Kier alpha value is -1.55. The maximum atomic E-state index is 12.1. The Bertz CT molecular complexity index is 471. The summed E-state index contributed by atoms with van der Waals surface area (Å²) in [6.07, 6.45) is 3.18. The molecule has 102 valence electrons. The molecule has 0 saturated carbocycles. The fraction of sp³-hybridized carbons (Fsp3) is 0.533. The first kappa shape index (κ1) is 12.5. The third kappa shape index (κ3) is 2.21. The second-order valence-corrected chi connectivity index (χ2v) is 5.43. The first-order chi connectivity index (χ1) is 9.19. The molecule has 19 heavy (non-hydrogen) atoms. The van der Waals surface area contributed by atoms with Gasteiger partial charge in [-0.15, -0.1) is 0 Å². The van der Waals surface area contributed by atoms with Crippen LogP contribution in [0.25, 0.3) is 0 Å². The van der Waals surface area contributed by atoms with E-state index in [1.165, 1.54) is 7.11 Å². The molecular formula is C15H19NO3. The zero-order valence-corrected chi connectivity index (χ0v) is 11.0. The van der Waals surface area contributed by atoms with Gasteiger partial charge in [-0.3, -0.25) is 4.79 Å². The van der Waals surface area contributed by atoms with Crippen molar-refractivity contribution in [3.05, 3.63) is 29.8 Å². The van der Waals surface area contributed by atoms with Gasteiger partial charge >= 0.3 is 5.97 Å². The normalized spacial score (nSPS) is 33.1. The van der Waals surface area contributed by atoms with E-state index in [4.69, 9.17) is 15.2 Å². The average molecular weight is 261 g/mol. The Labute approximate surface area is 112 Å². The molecule has 2 saturated heterocycles. The van der Waals surface area contributed by atoms with E-state index in [2.05, 4.69) is 0 Å². The van der Waals surface area contributed by atoms with Gasteiger partial charge in [0.05, 0.1) is 25.2 Å². The summed E-state index contributed by atoms with van der Waals surface area (Å²) >= 11 is 0. The van der Waals surface area contributed by atoms with Crippen molar-refractivity contribution in [1.82, 2.24) is 0 Å². The number of nitrogens with two attached hydrogens (primary N) is 1. The van der Waals surface area contributed by atoms with Gasteiger partial charge in [-0.2, -0.15) is 0 Å². The van der Waals surface area contributed by atoms with Gasteiger partial charge < -0.3 is 15.2 Å². The first-order valence-corrected chi connectivity index (χ1v) is 6.77. The third-order valence-corrected chi connectivity index (χ3v) is 4.33. The Kier molecular flexibility index (Phi) is 3.19. The number of rotatable bonds is 2. The van der Waals surface area contributed by atoms with Crippen molar-refractivity contribution in [3.8, 4) is 0 Å². The summed E-state index contributed by atoms with van der Waals surface area (Å²) < 4.78 is 10.9. The molecule has 1 aromatic rings. The molecule has 0 radical (unpaired) electrons. The van der Waals surface area contributed by atoms with E-state index in [1.54, 1.807) is 0 Å². The molecule has 2 heterocycles. The summed E-state index contributed by atoms with van der Waals surface area (Å²) in [5, 5.41) is 0. The molecular weight excluding hydrogens is 242 g/mol. The molecule has 2 N–H and O–H groups in total. The standard InChI is InChI=1S/C15H19NO3/c1-18-15(17)14-12(8-11-6-7-13(14)19-11)9-2-4-10(16)5-3-9/h2-5,11-14H,6-8,16H2,1H3/t11?,12-,13?,14+/m1/s1. The predicted octanol–water partition coefficient (Wildman–Crippen LogP) is 2.09. The number of benzene rings is 1. The van der Waals surface area contributed by atoms with Crippen LogP contribution in [0.15, 0.2) is 24.3 Å². The molecule has 2 bridgehead atoms. The second kappa shape index (κ2) is 4.85. The highest BCUT2D eigenvalue weighted by atomic mass is 16.5. The van der Waals surface area contributed by atoms with Crippen LogP contribution in [-0.4, -0.2) is 25.3 Å². The van der Waals surface area contributed by atoms with E-state index in [0.717, 1.165) is 30.5 Å². The van der Waals surface area contributed by atoms with Crippen LogP contribution in [0.2, 0.25) is 0 Å². The second-order valence-electron chi connectivity index (χ2n) is 5.43. The van der Waals surface area contributed by atoms with Gasteiger partial charge in [0.2, 0.25) is 0 Å². The molecule has 4 heteroatoms. The lowest BCUT2D eigenvalue weighted by atomic mass is 9.79. The summed E-state index contributed by atoms with van der Waals surface area (Å²) in [5.41, 5.74) is 7.63. The van der Waals surface area contributed by atoms with Gasteiger partial charge in [0.15, 0.2) is 0 Å². The summed E-state index contributed by atoms with van der Waals surface area (Å²) in [6, 6.07) is 7.81. The molecule has 3 rings (SSSR count). The van der Waals surface area contributed by atoms with E-state index in [-0.39, 0.29) is 30.0 Å². The third-order valence-electron chi connectivity index (χ3n) is 4.33. The van der Waals surface area contributed by atoms with Gasteiger partial charge in [0, 0.05) is 11.6 Å². The van der Waals surface area contributed by atoms with Crippen molar-refractivity contribution < 1.29 is 14.3 Å². The highest BCUT2D eigenvalue weighted by molar-refractivity contribution is 5.74. The highest BCUT2D eigenvalue weighted by Crippen LogP contribution is 2.45. The molecule has 0 spiro atoms. The lowest BCUT2D eigenvalue weighted by molar-refractivity contribution is -0.156. The minimum atomic E-state index is -0.188. The minimum absolute atomic E-state index is 0.00810. The molecule has 0 aromatic heterocycles. The van der Waals surface area contributed by atoms with Gasteiger partial charge in [-0.25, -0.2) is 0 Å². The van der Waals surface area contributed by atoms with Crippen molar-refractivity contribution in [2.75, 3.05) is 12.8 Å². The summed E-state index contributed by atoms with van der Waals surface area (Å²) in [5.74, 6) is -0.168. The first-order valence-electron chi connectivity index (χ1n) is 6.77. The maximum Gasteiger partial charge on any atom is 0.311 e. The van der Waals surface area contributed by atoms with Crippen molar-refractivity contribution in [3.63, 3.8) is 0 Å². The van der Waals surface area contributed by atoms with Crippen LogP contribution >= 0.6 is 0 Å². The zero-order chi connectivity index (χ0) is 13.4. The lowest BCUT2D eigenvalue weighted by Crippen LogP contribution is -2.39. The monoisotopic (exact) mass is 261 g/mol. The molecule has 1 aromatic carbocycles. The van der Waals surface area contributed by atoms with E-state index in [0.29, 0.717) is 0 Å². The number of hydrogen-bond donors (Lipinski definition) is 1. The number of fused-ring (bicyclic) bond motifs is 2. The Morgan fingerprint density at radius 1 is 1.32 bits per heavy atom. The van der Waals surface area contributed by atoms with E-state index < -0.39 is 0 Å². The largest absolute Gasteiger partial charge is 0.469 e. The average Bonchev–Trinajstić information content (AvgIpc) is 2.80. The Morgan fingerprint density at radius 3 is 2.74 bits per heavy atom. The van der Waals surface area contributed by atoms with Crippen molar-refractivity contribution >= 4 is 11.7 Å². The van der Waals surface area contributed by atoms with Crippen LogP contribution in [0.3, 0.4) is 0 Å². The minimum Gasteiger partial charge on any atom is -0.469 e. The van der Waals surface area contributed by atoms with Crippen LogP contribution in [-0.2, 0) is 14.3 Å². The van der Waals surface area contributed by atoms with Gasteiger partial charge in [0.1, 0.15) is 0 Å². The molecule has 4 atom stereocenters. The van der Waals surface area contributed by atoms with Crippen molar-refractivity contribution in [2.24, 2.45) is 5.92 Å². The topological polar surface area (TPSA) is 61.5 Å². The smallest absolute Gasteiger partial charge is 0.311 e. The van der Waals surface area contributed by atoms with Crippen molar-refractivity contribution in [1.29, 1.82) is 0 Å². The fourth-order valence-corrected chi connectivity index (χ4v) is 3.40. The van der Waals surface area contributed by atoms with Gasteiger partial charge in [-0.1, -0.05) is 12.1 Å². The SMILES string of the molecule is COC(=O)[C@@H]1C2CCC(C[C@@H]1c1ccc(N)cc1)O2. The van der Waals surface area contributed by atoms with Crippen molar-refractivity contribution in [2.45, 2.75) is 37.4 Å². The predicted molar refractivity (Wildman–Crippen MR) is 71.6 cm³/mol. The van der Waals surface area contributed by atoms with Gasteiger partial charge in [-0.05, 0) is 37.0 Å². The summed E-state index contributed by atoms with van der Waals surface area (Å²) in [7, 11) is 1.45. The van der Waals surface area contributed by atoms with Crippen LogP contribution in [0.4, 0.5) is 5.69 Å². The van der Waals surface area contributed by atoms with Crippen LogP contribution in [0.1, 0.15) is 30.7 Å². The van der Waals surface area contributed by atoms with Gasteiger partial charge in [0.25, 0.3) is 0 Å². The van der Waals surface area contributed by atoms with Crippen LogP contribution in [0, 0.1) is 5.92 Å². The number of hydrogen-bond acceptors (Lipinski definition) is 4. The lowest BCUT2D eigenvalue weighted by Gasteiger charge is -2.35. The zero-order valence-electron chi connectivity index (χ0n) is 11.0. The molecule has 2 aliphatic heterocycles. The number of anilines is 1. The maximum absolute atomic E-state index is 12.1. The number of carbonyl (C=O) groups excluding carboxylic acids is 1.